The summed E-state index contributed by atoms with van der Waals surface area (Å²) in [6.45, 7) is 4.62. The van der Waals surface area contributed by atoms with E-state index < -0.39 is 0 Å². The molecule has 0 atom stereocenters. The Morgan fingerprint density at radius 2 is 1.89 bits per heavy atom. The number of nitrogens with zero attached hydrogens (tertiary/aromatic N) is 1. The molecule has 0 saturated carbocycles. The third kappa shape index (κ3) is 3.15. The largest absolute Gasteiger partial charge is 0.379 e. The van der Waals surface area contributed by atoms with Crippen LogP contribution in [0, 0.1) is 13.8 Å². The average molecular weight is 281 g/mol. The molecule has 0 aliphatic rings. The summed E-state index contributed by atoms with van der Waals surface area (Å²) in [5, 5.41) is 4.65. The predicted molar refractivity (Wildman–Crippen MR) is 77.5 cm³/mol. The van der Waals surface area contributed by atoms with E-state index in [1.807, 2.05) is 38.1 Å². The van der Waals surface area contributed by atoms with Gasteiger partial charge in [0.2, 0.25) is 0 Å². The second-order valence-corrected chi connectivity index (χ2v) is 5.02. The van der Waals surface area contributed by atoms with Gasteiger partial charge in [0, 0.05) is 22.3 Å². The molecule has 0 amide bonds. The fourth-order valence-electron chi connectivity index (χ4n) is 1.73. The number of rotatable bonds is 3. The Bertz CT molecular complexity index is 516. The van der Waals surface area contributed by atoms with E-state index in [1.165, 1.54) is 0 Å². The molecule has 0 unspecified atom stereocenters. The van der Waals surface area contributed by atoms with Gasteiger partial charge in [0.15, 0.2) is 0 Å². The maximum absolute atomic E-state index is 6.12. The first-order valence-corrected chi connectivity index (χ1v) is 6.44. The van der Waals surface area contributed by atoms with E-state index in [-0.39, 0.29) is 0 Å². The fourth-order valence-corrected chi connectivity index (χ4v) is 2.20. The van der Waals surface area contributed by atoms with E-state index in [9.17, 15) is 0 Å². The average Bonchev–Trinajstić information content (AvgIpc) is 2.30. The number of aromatic nitrogens is 1. The summed E-state index contributed by atoms with van der Waals surface area (Å²) in [6.07, 6.45) is 0. The van der Waals surface area contributed by atoms with E-state index in [2.05, 4.69) is 10.3 Å². The molecule has 0 aliphatic carbocycles. The number of hydrogen-bond donors (Lipinski definition) is 1. The highest BCUT2D eigenvalue weighted by Crippen LogP contribution is 2.22. The van der Waals surface area contributed by atoms with Crippen LogP contribution in [0.5, 0.6) is 0 Å². The summed E-state index contributed by atoms with van der Waals surface area (Å²) >= 11 is 12.0. The Hall–Kier alpha value is -1.25. The standard InChI is InChI=1S/C14H14Cl2N2/c1-9-3-6-14(10(2)18-9)17-8-11-4-5-12(15)7-13(11)16/h3-7,17H,8H2,1-2H3. The first kappa shape index (κ1) is 13.2. The van der Waals surface area contributed by atoms with Gasteiger partial charge in [0.05, 0.1) is 11.4 Å². The molecule has 0 bridgehead atoms. The molecule has 0 fully saturated rings. The topological polar surface area (TPSA) is 24.9 Å². The first-order chi connectivity index (χ1) is 8.56. The summed E-state index contributed by atoms with van der Waals surface area (Å²) in [5.41, 5.74) is 4.04. The highest BCUT2D eigenvalue weighted by molar-refractivity contribution is 6.35. The molecular weight excluding hydrogens is 267 g/mol. The SMILES string of the molecule is Cc1ccc(NCc2ccc(Cl)cc2Cl)c(C)n1. The van der Waals surface area contributed by atoms with E-state index >= 15 is 0 Å². The number of pyridine rings is 1. The third-order valence-corrected chi connectivity index (χ3v) is 3.30. The van der Waals surface area contributed by atoms with E-state index in [1.54, 1.807) is 6.07 Å². The lowest BCUT2D eigenvalue weighted by molar-refractivity contribution is 1.08. The molecule has 1 aromatic carbocycles. The van der Waals surface area contributed by atoms with Crippen LogP contribution in [0.3, 0.4) is 0 Å². The van der Waals surface area contributed by atoms with Crippen LogP contribution >= 0.6 is 23.2 Å². The molecule has 4 heteroatoms. The van der Waals surface area contributed by atoms with Crippen LogP contribution in [0.2, 0.25) is 10.0 Å². The maximum atomic E-state index is 6.12. The van der Waals surface area contributed by atoms with Crippen LogP contribution in [-0.2, 0) is 6.54 Å². The molecule has 0 radical (unpaired) electrons. The summed E-state index contributed by atoms with van der Waals surface area (Å²) < 4.78 is 0. The fraction of sp³-hybridized carbons (Fsp3) is 0.214. The quantitative estimate of drug-likeness (QED) is 0.888. The van der Waals surface area contributed by atoms with Gasteiger partial charge in [-0.3, -0.25) is 4.98 Å². The van der Waals surface area contributed by atoms with Crippen molar-refractivity contribution in [1.82, 2.24) is 4.98 Å². The van der Waals surface area contributed by atoms with E-state index in [0.717, 1.165) is 22.6 Å². The van der Waals surface area contributed by atoms with Gasteiger partial charge in [-0.05, 0) is 43.7 Å². The van der Waals surface area contributed by atoms with Gasteiger partial charge in [-0.15, -0.1) is 0 Å². The molecule has 18 heavy (non-hydrogen) atoms. The molecular formula is C14H14Cl2N2. The molecule has 2 nitrogen and oxygen atoms in total. The number of aryl methyl sites for hydroxylation is 2. The lowest BCUT2D eigenvalue weighted by Gasteiger charge is -2.10. The molecule has 0 saturated heterocycles. The van der Waals surface area contributed by atoms with Crippen molar-refractivity contribution in [1.29, 1.82) is 0 Å². The van der Waals surface area contributed by atoms with Gasteiger partial charge in [-0.2, -0.15) is 0 Å². The normalized spacial score (nSPS) is 10.4. The Morgan fingerprint density at radius 3 is 2.56 bits per heavy atom. The van der Waals surface area contributed by atoms with Crippen molar-refractivity contribution >= 4 is 28.9 Å². The third-order valence-electron chi connectivity index (χ3n) is 2.71. The number of nitrogens with one attached hydrogen (secondary N) is 1. The molecule has 1 aromatic heterocycles. The number of benzene rings is 1. The number of anilines is 1. The van der Waals surface area contributed by atoms with Crippen LogP contribution in [-0.4, -0.2) is 4.98 Å². The zero-order chi connectivity index (χ0) is 13.1. The Balaban J connectivity index is 2.11. The molecule has 1 heterocycles. The second kappa shape index (κ2) is 5.59. The molecule has 1 N–H and O–H groups in total. The van der Waals surface area contributed by atoms with Gasteiger partial charge in [0.25, 0.3) is 0 Å². The number of hydrogen-bond acceptors (Lipinski definition) is 2. The number of halogens is 2. The van der Waals surface area contributed by atoms with Crippen LogP contribution in [0.1, 0.15) is 17.0 Å². The maximum Gasteiger partial charge on any atom is 0.0606 e. The van der Waals surface area contributed by atoms with Crippen molar-refractivity contribution in [3.8, 4) is 0 Å². The van der Waals surface area contributed by atoms with Gasteiger partial charge in [-0.25, -0.2) is 0 Å². The Labute approximate surface area is 117 Å². The summed E-state index contributed by atoms with van der Waals surface area (Å²) in [7, 11) is 0. The van der Waals surface area contributed by atoms with Crippen LogP contribution in [0.4, 0.5) is 5.69 Å². The van der Waals surface area contributed by atoms with Crippen molar-refractivity contribution in [3.05, 3.63) is 57.3 Å². The van der Waals surface area contributed by atoms with Crippen molar-refractivity contribution in [2.45, 2.75) is 20.4 Å². The predicted octanol–water partition coefficient (Wildman–Crippen LogP) is 4.62. The monoisotopic (exact) mass is 280 g/mol. The highest BCUT2D eigenvalue weighted by Gasteiger charge is 2.03. The van der Waals surface area contributed by atoms with E-state index in [0.29, 0.717) is 16.6 Å². The van der Waals surface area contributed by atoms with Crippen molar-refractivity contribution in [2.75, 3.05) is 5.32 Å². The lowest BCUT2D eigenvalue weighted by Crippen LogP contribution is -2.03. The zero-order valence-corrected chi connectivity index (χ0v) is 11.8. The molecule has 94 valence electrons. The van der Waals surface area contributed by atoms with Gasteiger partial charge >= 0.3 is 0 Å². The van der Waals surface area contributed by atoms with Gasteiger partial charge < -0.3 is 5.32 Å². The minimum atomic E-state index is 0.650. The second-order valence-electron chi connectivity index (χ2n) is 4.17. The van der Waals surface area contributed by atoms with Crippen LogP contribution in [0.15, 0.2) is 30.3 Å². The van der Waals surface area contributed by atoms with E-state index in [4.69, 9.17) is 23.2 Å². The molecule has 0 aliphatic heterocycles. The summed E-state index contributed by atoms with van der Waals surface area (Å²) in [5.74, 6) is 0. The molecule has 2 rings (SSSR count). The van der Waals surface area contributed by atoms with Crippen LogP contribution in [0.25, 0.3) is 0 Å². The van der Waals surface area contributed by atoms with Crippen molar-refractivity contribution in [3.63, 3.8) is 0 Å². The Kier molecular flexibility index (Phi) is 4.10. The highest BCUT2D eigenvalue weighted by atomic mass is 35.5. The Morgan fingerprint density at radius 1 is 1.11 bits per heavy atom. The first-order valence-electron chi connectivity index (χ1n) is 5.68. The zero-order valence-electron chi connectivity index (χ0n) is 10.3. The van der Waals surface area contributed by atoms with Crippen LogP contribution < -0.4 is 5.32 Å². The van der Waals surface area contributed by atoms with Gasteiger partial charge in [0.1, 0.15) is 0 Å². The van der Waals surface area contributed by atoms with Crippen molar-refractivity contribution < 1.29 is 0 Å². The summed E-state index contributed by atoms with van der Waals surface area (Å²) in [4.78, 5) is 4.41. The summed E-state index contributed by atoms with van der Waals surface area (Å²) in [6, 6.07) is 9.53. The van der Waals surface area contributed by atoms with Crippen molar-refractivity contribution in [2.24, 2.45) is 0 Å². The smallest absolute Gasteiger partial charge is 0.0606 e. The van der Waals surface area contributed by atoms with Gasteiger partial charge in [-0.1, -0.05) is 29.3 Å². The minimum Gasteiger partial charge on any atom is -0.379 e. The lowest BCUT2D eigenvalue weighted by atomic mass is 10.2. The molecule has 0 spiro atoms. The minimum absolute atomic E-state index is 0.650. The molecule has 2 aromatic rings.